The van der Waals surface area contributed by atoms with Crippen LogP contribution in [0.5, 0.6) is 0 Å². The largest absolute Gasteiger partial charge is 0.308 e. The number of nitrogens with zero attached hydrogens (tertiary/aromatic N) is 3. The average Bonchev–Trinajstić information content (AvgIpc) is 2.93. The highest BCUT2D eigenvalue weighted by atomic mass is 15.3. The van der Waals surface area contributed by atoms with Crippen LogP contribution in [0.3, 0.4) is 0 Å². The Bertz CT molecular complexity index is 647. The van der Waals surface area contributed by atoms with Gasteiger partial charge in [-0.05, 0) is 30.8 Å². The van der Waals surface area contributed by atoms with Gasteiger partial charge in [-0.1, -0.05) is 12.1 Å². The molecule has 0 radical (unpaired) electrons. The molecule has 0 saturated heterocycles. The summed E-state index contributed by atoms with van der Waals surface area (Å²) in [5.41, 5.74) is 3.02. The van der Waals surface area contributed by atoms with Crippen molar-refractivity contribution < 1.29 is 0 Å². The van der Waals surface area contributed by atoms with Crippen molar-refractivity contribution in [2.75, 3.05) is 7.05 Å². The van der Waals surface area contributed by atoms with Crippen LogP contribution in [0.2, 0.25) is 0 Å². The molecule has 0 saturated carbocycles. The maximum absolute atomic E-state index is 4.32. The smallest absolute Gasteiger partial charge is 0.104 e. The van der Waals surface area contributed by atoms with E-state index in [2.05, 4.69) is 43.9 Å². The van der Waals surface area contributed by atoms with Crippen LogP contribution < -0.4 is 5.32 Å². The first-order valence-corrected chi connectivity index (χ1v) is 5.76. The monoisotopic (exact) mass is 239 g/mol. The lowest BCUT2D eigenvalue weighted by atomic mass is 10.0. The number of aromatic amines is 1. The van der Waals surface area contributed by atoms with Gasteiger partial charge in [0.15, 0.2) is 0 Å². The van der Waals surface area contributed by atoms with Gasteiger partial charge in [-0.25, -0.2) is 0 Å². The van der Waals surface area contributed by atoms with E-state index in [1.165, 1.54) is 0 Å². The lowest BCUT2D eigenvalue weighted by Gasteiger charge is -2.14. The number of rotatable bonds is 3. The lowest BCUT2D eigenvalue weighted by molar-refractivity contribution is 0.668. The molecule has 0 aliphatic rings. The molecule has 5 heteroatoms. The van der Waals surface area contributed by atoms with Gasteiger partial charge >= 0.3 is 0 Å². The topological polar surface area (TPSA) is 66.5 Å². The van der Waals surface area contributed by atoms with Gasteiger partial charge in [-0.2, -0.15) is 15.4 Å². The highest BCUT2D eigenvalue weighted by molar-refractivity contribution is 5.79. The number of hydrogen-bond donors (Lipinski definition) is 2. The summed E-state index contributed by atoms with van der Waals surface area (Å²) in [6.45, 7) is 0. The lowest BCUT2D eigenvalue weighted by Crippen LogP contribution is -2.18. The Kier molecular flexibility index (Phi) is 2.74. The van der Waals surface area contributed by atoms with Crippen LogP contribution in [0.4, 0.5) is 0 Å². The zero-order valence-corrected chi connectivity index (χ0v) is 9.96. The quantitative estimate of drug-likeness (QED) is 0.729. The summed E-state index contributed by atoms with van der Waals surface area (Å²) < 4.78 is 0. The molecule has 3 aromatic rings. The van der Waals surface area contributed by atoms with Crippen LogP contribution >= 0.6 is 0 Å². The second-order valence-corrected chi connectivity index (χ2v) is 4.07. The molecule has 5 nitrogen and oxygen atoms in total. The minimum Gasteiger partial charge on any atom is -0.308 e. The Labute approximate surface area is 104 Å². The summed E-state index contributed by atoms with van der Waals surface area (Å²) in [4.78, 5) is 4.32. The second-order valence-electron chi connectivity index (χ2n) is 4.07. The van der Waals surface area contributed by atoms with Crippen LogP contribution in [0.25, 0.3) is 10.9 Å². The summed E-state index contributed by atoms with van der Waals surface area (Å²) in [7, 11) is 1.91. The van der Waals surface area contributed by atoms with Crippen molar-refractivity contribution in [2.45, 2.75) is 6.04 Å². The van der Waals surface area contributed by atoms with Crippen LogP contribution in [0.1, 0.15) is 17.3 Å². The molecule has 90 valence electrons. The Morgan fingerprint density at radius 2 is 2.22 bits per heavy atom. The Hall–Kier alpha value is -2.27. The minimum atomic E-state index is 0.0355. The molecule has 2 N–H and O–H groups in total. The molecule has 0 amide bonds. The van der Waals surface area contributed by atoms with Gasteiger partial charge in [0.2, 0.25) is 0 Å². The van der Waals surface area contributed by atoms with E-state index in [1.54, 1.807) is 12.4 Å². The predicted molar refractivity (Wildman–Crippen MR) is 69.0 cm³/mol. The number of benzene rings is 1. The van der Waals surface area contributed by atoms with E-state index < -0.39 is 0 Å². The number of nitrogens with one attached hydrogen (secondary N) is 2. The van der Waals surface area contributed by atoms with Gasteiger partial charge in [0.05, 0.1) is 17.8 Å². The molecule has 18 heavy (non-hydrogen) atoms. The van der Waals surface area contributed by atoms with Crippen molar-refractivity contribution in [1.82, 2.24) is 25.7 Å². The molecule has 3 rings (SSSR count). The number of H-pyrrole nitrogens is 1. The fourth-order valence-electron chi connectivity index (χ4n) is 2.11. The van der Waals surface area contributed by atoms with Crippen LogP contribution in [-0.4, -0.2) is 27.4 Å². The first kappa shape index (κ1) is 10.9. The summed E-state index contributed by atoms with van der Waals surface area (Å²) >= 11 is 0. The zero-order chi connectivity index (χ0) is 12.4. The van der Waals surface area contributed by atoms with Crippen molar-refractivity contribution in [3.8, 4) is 0 Å². The second kappa shape index (κ2) is 4.54. The third-order valence-electron chi connectivity index (χ3n) is 2.98. The molecule has 0 bridgehead atoms. The number of aromatic nitrogens is 4. The molecule has 0 aliphatic heterocycles. The molecule has 1 aromatic carbocycles. The summed E-state index contributed by atoms with van der Waals surface area (Å²) in [6, 6.07) is 10.2. The third-order valence-corrected chi connectivity index (χ3v) is 2.98. The fourth-order valence-corrected chi connectivity index (χ4v) is 2.11. The Balaban J connectivity index is 2.07. The zero-order valence-electron chi connectivity index (χ0n) is 9.96. The summed E-state index contributed by atoms with van der Waals surface area (Å²) in [5, 5.41) is 15.0. The minimum absolute atomic E-state index is 0.0355. The van der Waals surface area contributed by atoms with E-state index in [1.807, 2.05) is 19.2 Å². The summed E-state index contributed by atoms with van der Waals surface area (Å²) in [6.07, 6.45) is 3.53. The van der Waals surface area contributed by atoms with Gasteiger partial charge < -0.3 is 5.32 Å². The molecule has 0 aliphatic carbocycles. The number of pyridine rings is 1. The standard InChI is InChI=1S/C13H13N5/c1-14-13(12-8-16-18-17-12)10-4-5-11-9(7-10)3-2-6-15-11/h2-8,13-14H,1H3,(H,16,17,18). The Morgan fingerprint density at radius 3 is 3.00 bits per heavy atom. The van der Waals surface area contributed by atoms with Gasteiger partial charge in [0, 0.05) is 11.6 Å². The van der Waals surface area contributed by atoms with Crippen molar-refractivity contribution in [2.24, 2.45) is 0 Å². The maximum atomic E-state index is 4.32. The molecule has 1 unspecified atom stereocenters. The van der Waals surface area contributed by atoms with Gasteiger partial charge in [-0.15, -0.1) is 0 Å². The average molecular weight is 239 g/mol. The van der Waals surface area contributed by atoms with Crippen molar-refractivity contribution in [3.63, 3.8) is 0 Å². The normalized spacial score (nSPS) is 12.7. The number of fused-ring (bicyclic) bond motifs is 1. The van der Waals surface area contributed by atoms with E-state index in [-0.39, 0.29) is 6.04 Å². The molecule has 2 heterocycles. The van der Waals surface area contributed by atoms with E-state index in [4.69, 9.17) is 0 Å². The van der Waals surface area contributed by atoms with Crippen LogP contribution in [-0.2, 0) is 0 Å². The van der Waals surface area contributed by atoms with Gasteiger partial charge in [-0.3, -0.25) is 4.98 Å². The van der Waals surface area contributed by atoms with E-state index in [0.717, 1.165) is 22.2 Å². The maximum Gasteiger partial charge on any atom is 0.104 e. The van der Waals surface area contributed by atoms with Gasteiger partial charge in [0.1, 0.15) is 5.69 Å². The highest BCUT2D eigenvalue weighted by Crippen LogP contribution is 2.22. The van der Waals surface area contributed by atoms with E-state index in [0.29, 0.717) is 0 Å². The number of hydrogen-bond acceptors (Lipinski definition) is 4. The van der Waals surface area contributed by atoms with E-state index in [9.17, 15) is 0 Å². The van der Waals surface area contributed by atoms with Gasteiger partial charge in [0.25, 0.3) is 0 Å². The SMILES string of the molecule is CNC(c1ccc2ncccc2c1)c1cn[nH]n1. The third kappa shape index (κ3) is 1.84. The first-order chi connectivity index (χ1) is 8.88. The predicted octanol–water partition coefficient (Wildman–Crippen LogP) is 1.66. The molecular weight excluding hydrogens is 226 g/mol. The molecular formula is C13H13N5. The molecule has 1 atom stereocenters. The van der Waals surface area contributed by atoms with Crippen LogP contribution in [0, 0.1) is 0 Å². The van der Waals surface area contributed by atoms with Crippen molar-refractivity contribution in [1.29, 1.82) is 0 Å². The Morgan fingerprint density at radius 1 is 1.28 bits per heavy atom. The van der Waals surface area contributed by atoms with Crippen molar-refractivity contribution in [3.05, 3.63) is 54.0 Å². The fraction of sp³-hybridized carbons (Fsp3) is 0.154. The van der Waals surface area contributed by atoms with Crippen molar-refractivity contribution >= 4 is 10.9 Å². The molecule has 0 spiro atoms. The summed E-state index contributed by atoms with van der Waals surface area (Å²) in [5.74, 6) is 0. The van der Waals surface area contributed by atoms with Crippen LogP contribution in [0.15, 0.2) is 42.7 Å². The molecule has 2 aromatic heterocycles. The highest BCUT2D eigenvalue weighted by Gasteiger charge is 2.14. The molecule has 0 fully saturated rings. The first-order valence-electron chi connectivity index (χ1n) is 5.76. The van der Waals surface area contributed by atoms with E-state index >= 15 is 0 Å².